The van der Waals surface area contributed by atoms with E-state index in [2.05, 4.69) is 50.4 Å². The molecule has 0 fully saturated rings. The lowest BCUT2D eigenvalue weighted by atomic mass is 9.94. The number of hydrogen-bond donors (Lipinski definition) is 2. The van der Waals surface area contributed by atoms with Crippen molar-refractivity contribution in [3.63, 3.8) is 0 Å². The molecule has 0 heterocycles. The van der Waals surface area contributed by atoms with Crippen molar-refractivity contribution in [2.24, 2.45) is 0 Å². The zero-order valence-electron chi connectivity index (χ0n) is 13.0. The van der Waals surface area contributed by atoms with E-state index in [1.165, 1.54) is 11.1 Å². The van der Waals surface area contributed by atoms with Gasteiger partial charge >= 0.3 is 0 Å². The average Bonchev–Trinajstić information content (AvgIpc) is 2.38. The maximum Gasteiger partial charge on any atom is 0.220 e. The fourth-order valence-electron chi connectivity index (χ4n) is 2.10. The Labute approximate surface area is 122 Å². The van der Waals surface area contributed by atoms with Gasteiger partial charge in [0.2, 0.25) is 5.91 Å². The molecule has 3 heteroatoms. The smallest absolute Gasteiger partial charge is 0.220 e. The number of rotatable bonds is 7. The number of carbonyl (C=O) groups excluding carboxylic acids is 1. The second-order valence-corrected chi connectivity index (χ2v) is 5.91. The molecule has 112 valence electrons. The Morgan fingerprint density at radius 2 is 1.65 bits per heavy atom. The summed E-state index contributed by atoms with van der Waals surface area (Å²) in [7, 11) is 0. The van der Waals surface area contributed by atoms with Crippen molar-refractivity contribution >= 4 is 5.91 Å². The zero-order chi connectivity index (χ0) is 15.1. The highest BCUT2D eigenvalue weighted by Crippen LogP contribution is 2.22. The first kappa shape index (κ1) is 16.7. The predicted octanol–water partition coefficient (Wildman–Crippen LogP) is 3.19. The van der Waals surface area contributed by atoms with Crippen LogP contribution >= 0.6 is 0 Å². The molecular formula is C17H27NO2. The highest BCUT2D eigenvalue weighted by Gasteiger charge is 2.11. The molecule has 0 bridgehead atoms. The van der Waals surface area contributed by atoms with Gasteiger partial charge in [-0.3, -0.25) is 4.79 Å². The summed E-state index contributed by atoms with van der Waals surface area (Å²) < 4.78 is 0. The van der Waals surface area contributed by atoms with Gasteiger partial charge in [-0.25, -0.2) is 0 Å². The first-order chi connectivity index (χ1) is 9.40. The SMILES string of the molecule is CC(O)CCNC(=O)CC(C)c1ccc(C(C)C)cc1. The summed E-state index contributed by atoms with van der Waals surface area (Å²) in [5, 5.41) is 12.0. The molecule has 0 aliphatic carbocycles. The van der Waals surface area contributed by atoms with E-state index >= 15 is 0 Å². The second-order valence-electron chi connectivity index (χ2n) is 5.91. The normalized spacial score (nSPS) is 14.1. The number of aliphatic hydroxyl groups is 1. The lowest BCUT2D eigenvalue weighted by Gasteiger charge is -2.14. The summed E-state index contributed by atoms with van der Waals surface area (Å²) in [4.78, 5) is 11.8. The molecule has 1 rings (SSSR count). The van der Waals surface area contributed by atoms with Crippen LogP contribution in [0.4, 0.5) is 0 Å². The van der Waals surface area contributed by atoms with Crippen LogP contribution < -0.4 is 5.32 Å². The molecule has 0 aliphatic rings. The number of nitrogens with one attached hydrogen (secondary N) is 1. The van der Waals surface area contributed by atoms with Crippen molar-refractivity contribution in [2.45, 2.75) is 58.5 Å². The minimum Gasteiger partial charge on any atom is -0.393 e. The minimum atomic E-state index is -0.365. The highest BCUT2D eigenvalue weighted by atomic mass is 16.3. The molecule has 1 aromatic rings. The van der Waals surface area contributed by atoms with Crippen LogP contribution in [0.25, 0.3) is 0 Å². The van der Waals surface area contributed by atoms with E-state index in [0.29, 0.717) is 25.3 Å². The molecule has 0 saturated carbocycles. The Morgan fingerprint density at radius 3 is 2.15 bits per heavy atom. The number of aliphatic hydroxyl groups excluding tert-OH is 1. The number of benzene rings is 1. The molecule has 2 N–H and O–H groups in total. The molecule has 0 spiro atoms. The van der Waals surface area contributed by atoms with Gasteiger partial charge in [-0.15, -0.1) is 0 Å². The molecular weight excluding hydrogens is 250 g/mol. The maximum absolute atomic E-state index is 11.8. The van der Waals surface area contributed by atoms with E-state index in [1.54, 1.807) is 6.92 Å². The summed E-state index contributed by atoms with van der Waals surface area (Å²) in [6, 6.07) is 8.51. The summed E-state index contributed by atoms with van der Waals surface area (Å²) in [6.45, 7) is 8.68. The van der Waals surface area contributed by atoms with Crippen LogP contribution in [0.1, 0.15) is 63.5 Å². The predicted molar refractivity (Wildman–Crippen MR) is 82.9 cm³/mol. The van der Waals surface area contributed by atoms with Crippen molar-refractivity contribution in [3.05, 3.63) is 35.4 Å². The van der Waals surface area contributed by atoms with Gasteiger partial charge in [0.05, 0.1) is 6.10 Å². The zero-order valence-corrected chi connectivity index (χ0v) is 13.0. The summed E-state index contributed by atoms with van der Waals surface area (Å²) in [5.74, 6) is 0.789. The molecule has 3 nitrogen and oxygen atoms in total. The monoisotopic (exact) mass is 277 g/mol. The third-order valence-electron chi connectivity index (χ3n) is 3.55. The Hall–Kier alpha value is -1.35. The van der Waals surface area contributed by atoms with Crippen molar-refractivity contribution in [3.8, 4) is 0 Å². The summed E-state index contributed by atoms with van der Waals surface area (Å²) in [5.41, 5.74) is 2.52. The van der Waals surface area contributed by atoms with Crippen LogP contribution in [0, 0.1) is 0 Å². The van der Waals surface area contributed by atoms with Crippen LogP contribution in [-0.2, 0) is 4.79 Å². The van der Waals surface area contributed by atoms with Gasteiger partial charge in [-0.05, 0) is 36.3 Å². The van der Waals surface area contributed by atoms with Crippen LogP contribution in [0.15, 0.2) is 24.3 Å². The second kappa shape index (κ2) is 8.05. The molecule has 0 aliphatic heterocycles. The van der Waals surface area contributed by atoms with E-state index < -0.39 is 0 Å². The third kappa shape index (κ3) is 5.74. The topological polar surface area (TPSA) is 49.3 Å². The lowest BCUT2D eigenvalue weighted by Crippen LogP contribution is -2.27. The van der Waals surface area contributed by atoms with Crippen LogP contribution in [0.5, 0.6) is 0 Å². The van der Waals surface area contributed by atoms with Crippen molar-refractivity contribution in [1.29, 1.82) is 0 Å². The van der Waals surface area contributed by atoms with Crippen molar-refractivity contribution in [1.82, 2.24) is 5.32 Å². The molecule has 0 aromatic heterocycles. The Balaban J connectivity index is 2.45. The van der Waals surface area contributed by atoms with E-state index in [9.17, 15) is 4.79 Å². The standard InChI is InChI=1S/C17H27NO2/c1-12(2)15-5-7-16(8-6-15)13(3)11-17(20)18-10-9-14(4)19/h5-8,12-14,19H,9-11H2,1-4H3,(H,18,20). The van der Waals surface area contributed by atoms with Gasteiger partial charge in [-0.2, -0.15) is 0 Å². The minimum absolute atomic E-state index is 0.0473. The lowest BCUT2D eigenvalue weighted by molar-refractivity contribution is -0.121. The van der Waals surface area contributed by atoms with Gasteiger partial charge in [0.15, 0.2) is 0 Å². The number of carbonyl (C=O) groups is 1. The maximum atomic E-state index is 11.8. The first-order valence-electron chi connectivity index (χ1n) is 7.44. The molecule has 0 saturated heterocycles. The van der Waals surface area contributed by atoms with E-state index in [1.807, 2.05) is 0 Å². The van der Waals surface area contributed by atoms with E-state index in [4.69, 9.17) is 5.11 Å². The van der Waals surface area contributed by atoms with Crippen LogP contribution in [0.2, 0.25) is 0 Å². The summed E-state index contributed by atoms with van der Waals surface area (Å²) >= 11 is 0. The first-order valence-corrected chi connectivity index (χ1v) is 7.44. The Bertz CT molecular complexity index is 410. The van der Waals surface area contributed by atoms with E-state index in [0.717, 1.165) is 0 Å². The van der Waals surface area contributed by atoms with Crippen LogP contribution in [-0.4, -0.2) is 23.7 Å². The fourth-order valence-corrected chi connectivity index (χ4v) is 2.10. The largest absolute Gasteiger partial charge is 0.393 e. The average molecular weight is 277 g/mol. The van der Waals surface area contributed by atoms with Gasteiger partial charge in [-0.1, -0.05) is 45.0 Å². The Kier molecular flexibility index (Phi) is 6.73. The molecule has 2 atom stereocenters. The molecule has 0 radical (unpaired) electrons. The molecule has 2 unspecified atom stereocenters. The number of amides is 1. The van der Waals surface area contributed by atoms with Gasteiger partial charge < -0.3 is 10.4 Å². The summed E-state index contributed by atoms with van der Waals surface area (Å²) in [6.07, 6.45) is 0.723. The Morgan fingerprint density at radius 1 is 1.10 bits per heavy atom. The highest BCUT2D eigenvalue weighted by molar-refractivity contribution is 5.76. The van der Waals surface area contributed by atoms with Gasteiger partial charge in [0, 0.05) is 13.0 Å². The number of hydrogen-bond acceptors (Lipinski definition) is 2. The van der Waals surface area contributed by atoms with Crippen LogP contribution in [0.3, 0.4) is 0 Å². The van der Waals surface area contributed by atoms with Gasteiger partial charge in [0.1, 0.15) is 0 Å². The fraction of sp³-hybridized carbons (Fsp3) is 0.588. The molecule has 20 heavy (non-hydrogen) atoms. The van der Waals surface area contributed by atoms with Crippen molar-refractivity contribution < 1.29 is 9.90 Å². The van der Waals surface area contributed by atoms with Crippen molar-refractivity contribution in [2.75, 3.05) is 6.54 Å². The van der Waals surface area contributed by atoms with E-state index in [-0.39, 0.29) is 17.9 Å². The third-order valence-corrected chi connectivity index (χ3v) is 3.55. The molecule has 1 aromatic carbocycles. The molecule has 1 amide bonds. The quantitative estimate of drug-likeness (QED) is 0.804. The van der Waals surface area contributed by atoms with Gasteiger partial charge in [0.25, 0.3) is 0 Å².